The quantitative estimate of drug-likeness (QED) is 0.398. The van der Waals surface area contributed by atoms with E-state index in [9.17, 15) is 10.1 Å². The van der Waals surface area contributed by atoms with Crippen LogP contribution in [0, 0.1) is 36.5 Å². The minimum Gasteiger partial charge on any atom is -0.437 e. The summed E-state index contributed by atoms with van der Waals surface area (Å²) in [4.78, 5) is 22.2. The third-order valence-corrected chi connectivity index (χ3v) is 5.83. The molecule has 2 aromatic carbocycles. The van der Waals surface area contributed by atoms with Crippen molar-refractivity contribution in [3.05, 3.63) is 63.1 Å². The van der Waals surface area contributed by atoms with E-state index in [-0.39, 0.29) is 24.2 Å². The van der Waals surface area contributed by atoms with Gasteiger partial charge in [0.15, 0.2) is 5.82 Å². The predicted molar refractivity (Wildman–Crippen MR) is 137 cm³/mol. The first-order chi connectivity index (χ1) is 16.7. The molecule has 0 aliphatic carbocycles. The van der Waals surface area contributed by atoms with Crippen LogP contribution in [0.15, 0.2) is 40.9 Å². The van der Waals surface area contributed by atoms with Crippen molar-refractivity contribution in [2.75, 3.05) is 23.8 Å². The standard InChI is InChI=1S/C25H24BrN7O2/c1-15-11-18(14-28)12-16(2)22(15)35-24-21(26)23(33(3)10-4-5-20(29)34)31-25(32-24)30-19-8-6-17(13-27)7-9-19/h6-9,11-12H,4-5,10H2,1-3H3,(H2,29,34)(H,30,31,32). The molecule has 9 nitrogen and oxygen atoms in total. The maximum Gasteiger partial charge on any atom is 0.240 e. The van der Waals surface area contributed by atoms with Gasteiger partial charge in [-0.2, -0.15) is 20.5 Å². The van der Waals surface area contributed by atoms with E-state index in [1.807, 2.05) is 25.8 Å². The molecule has 3 N–H and O–H groups in total. The van der Waals surface area contributed by atoms with E-state index in [4.69, 9.17) is 15.7 Å². The first kappa shape index (κ1) is 25.5. The fraction of sp³-hybridized carbons (Fsp3) is 0.240. The molecule has 0 radical (unpaired) electrons. The number of aryl methyl sites for hydroxylation is 2. The second-order valence-electron chi connectivity index (χ2n) is 7.95. The third-order valence-electron chi connectivity index (χ3n) is 5.14. The smallest absolute Gasteiger partial charge is 0.240 e. The van der Waals surface area contributed by atoms with Crippen molar-refractivity contribution in [3.63, 3.8) is 0 Å². The SMILES string of the molecule is Cc1cc(C#N)cc(C)c1Oc1nc(Nc2ccc(C#N)cc2)nc(N(C)CCCC(N)=O)c1Br. The van der Waals surface area contributed by atoms with Crippen LogP contribution in [0.5, 0.6) is 11.6 Å². The Morgan fingerprint density at radius 2 is 1.74 bits per heavy atom. The lowest BCUT2D eigenvalue weighted by Crippen LogP contribution is -2.23. The molecule has 3 aromatic rings. The van der Waals surface area contributed by atoms with Crippen LogP contribution >= 0.6 is 15.9 Å². The summed E-state index contributed by atoms with van der Waals surface area (Å²) in [5.41, 5.74) is 8.65. The summed E-state index contributed by atoms with van der Waals surface area (Å²) in [6.45, 7) is 4.26. The van der Waals surface area contributed by atoms with Gasteiger partial charge in [0.1, 0.15) is 10.2 Å². The molecule has 10 heteroatoms. The van der Waals surface area contributed by atoms with Crippen LogP contribution < -0.4 is 20.7 Å². The topological polar surface area (TPSA) is 141 Å². The Balaban J connectivity index is 2.01. The number of amides is 1. The number of nitrogens with zero attached hydrogens (tertiary/aromatic N) is 5. The average molecular weight is 534 g/mol. The van der Waals surface area contributed by atoms with Crippen LogP contribution in [0.1, 0.15) is 35.1 Å². The summed E-state index contributed by atoms with van der Waals surface area (Å²) >= 11 is 3.58. The molecule has 1 amide bonds. The number of ether oxygens (including phenoxy) is 1. The summed E-state index contributed by atoms with van der Waals surface area (Å²) < 4.78 is 6.76. The summed E-state index contributed by atoms with van der Waals surface area (Å²) in [5.74, 6) is 1.35. The lowest BCUT2D eigenvalue weighted by atomic mass is 10.1. The number of carbonyl (C=O) groups is 1. The van der Waals surface area contributed by atoms with Gasteiger partial charge in [-0.3, -0.25) is 4.79 Å². The highest BCUT2D eigenvalue weighted by Gasteiger charge is 2.20. The van der Waals surface area contributed by atoms with E-state index in [1.54, 1.807) is 36.4 Å². The number of nitrogens with two attached hydrogens (primary N) is 1. The Hall–Kier alpha value is -4.15. The highest BCUT2D eigenvalue weighted by Crippen LogP contribution is 2.38. The molecule has 0 fully saturated rings. The lowest BCUT2D eigenvalue weighted by Gasteiger charge is -2.22. The van der Waals surface area contributed by atoms with Crippen LogP contribution in [0.4, 0.5) is 17.5 Å². The van der Waals surface area contributed by atoms with Gasteiger partial charge in [-0.15, -0.1) is 0 Å². The van der Waals surface area contributed by atoms with Crippen molar-refractivity contribution in [2.45, 2.75) is 26.7 Å². The first-order valence-electron chi connectivity index (χ1n) is 10.7. The van der Waals surface area contributed by atoms with Crippen molar-refractivity contribution >= 4 is 39.3 Å². The second kappa shape index (κ2) is 11.3. The molecule has 0 unspecified atom stereocenters. The minimum absolute atomic E-state index is 0.260. The van der Waals surface area contributed by atoms with Crippen LogP contribution in [0.2, 0.25) is 0 Å². The highest BCUT2D eigenvalue weighted by atomic mass is 79.9. The van der Waals surface area contributed by atoms with Crippen LogP contribution in [-0.4, -0.2) is 29.5 Å². The lowest BCUT2D eigenvalue weighted by molar-refractivity contribution is -0.118. The molecular formula is C25H24BrN7O2. The number of rotatable bonds is 9. The average Bonchev–Trinajstić information content (AvgIpc) is 2.83. The first-order valence-corrected chi connectivity index (χ1v) is 11.5. The Morgan fingerprint density at radius 3 is 2.31 bits per heavy atom. The van der Waals surface area contributed by atoms with Gasteiger partial charge in [-0.05, 0) is 83.7 Å². The van der Waals surface area contributed by atoms with E-state index < -0.39 is 0 Å². The molecule has 0 saturated carbocycles. The Kier molecular flexibility index (Phi) is 8.24. The number of anilines is 3. The Morgan fingerprint density at radius 1 is 1.11 bits per heavy atom. The zero-order chi connectivity index (χ0) is 25.5. The fourth-order valence-electron chi connectivity index (χ4n) is 3.42. The van der Waals surface area contributed by atoms with Crippen LogP contribution in [0.25, 0.3) is 0 Å². The Labute approximate surface area is 212 Å². The number of hydrogen-bond donors (Lipinski definition) is 2. The minimum atomic E-state index is -0.362. The maximum atomic E-state index is 11.2. The molecule has 0 aliphatic heterocycles. The molecule has 1 aromatic heterocycles. The zero-order valence-electron chi connectivity index (χ0n) is 19.6. The van der Waals surface area contributed by atoms with Gasteiger partial charge < -0.3 is 20.7 Å². The fourth-order valence-corrected chi connectivity index (χ4v) is 3.98. The molecule has 35 heavy (non-hydrogen) atoms. The van der Waals surface area contributed by atoms with Gasteiger partial charge in [0.2, 0.25) is 17.7 Å². The second-order valence-corrected chi connectivity index (χ2v) is 8.74. The number of primary amides is 1. The van der Waals surface area contributed by atoms with Gasteiger partial charge in [-0.1, -0.05) is 0 Å². The normalized spacial score (nSPS) is 10.2. The molecule has 0 bridgehead atoms. The molecule has 178 valence electrons. The van der Waals surface area contributed by atoms with Crippen molar-refractivity contribution in [3.8, 4) is 23.8 Å². The van der Waals surface area contributed by atoms with Gasteiger partial charge in [0, 0.05) is 25.7 Å². The van der Waals surface area contributed by atoms with Crippen molar-refractivity contribution in [1.29, 1.82) is 10.5 Å². The maximum absolute atomic E-state index is 11.2. The van der Waals surface area contributed by atoms with Crippen molar-refractivity contribution in [2.24, 2.45) is 5.73 Å². The van der Waals surface area contributed by atoms with E-state index in [1.165, 1.54) is 0 Å². The number of aromatic nitrogens is 2. The summed E-state index contributed by atoms with van der Waals surface area (Å²) in [6, 6.07) is 14.6. The molecule has 0 spiro atoms. The number of nitrogens with one attached hydrogen (secondary N) is 1. The van der Waals surface area contributed by atoms with Gasteiger partial charge in [0.25, 0.3) is 0 Å². The van der Waals surface area contributed by atoms with Gasteiger partial charge in [0.05, 0.1) is 23.3 Å². The van der Waals surface area contributed by atoms with Gasteiger partial charge in [-0.25, -0.2) is 0 Å². The number of carbonyl (C=O) groups excluding carboxylic acids is 1. The number of halogens is 1. The summed E-state index contributed by atoms with van der Waals surface area (Å²) in [5, 5.41) is 21.4. The highest BCUT2D eigenvalue weighted by molar-refractivity contribution is 9.10. The number of hydrogen-bond acceptors (Lipinski definition) is 8. The van der Waals surface area contributed by atoms with Crippen molar-refractivity contribution < 1.29 is 9.53 Å². The number of nitriles is 2. The predicted octanol–water partition coefficient (Wildman–Crippen LogP) is 4.84. The largest absolute Gasteiger partial charge is 0.437 e. The molecule has 0 atom stereocenters. The zero-order valence-corrected chi connectivity index (χ0v) is 21.2. The summed E-state index contributed by atoms with van der Waals surface area (Å²) in [7, 11) is 1.85. The monoisotopic (exact) mass is 533 g/mol. The van der Waals surface area contributed by atoms with Crippen LogP contribution in [-0.2, 0) is 4.79 Å². The van der Waals surface area contributed by atoms with E-state index in [0.717, 1.165) is 11.1 Å². The van der Waals surface area contributed by atoms with E-state index in [2.05, 4.69) is 43.4 Å². The van der Waals surface area contributed by atoms with Gasteiger partial charge >= 0.3 is 0 Å². The van der Waals surface area contributed by atoms with Crippen molar-refractivity contribution in [1.82, 2.24) is 9.97 Å². The number of benzene rings is 2. The van der Waals surface area contributed by atoms with Crippen LogP contribution in [0.3, 0.4) is 0 Å². The molecule has 0 aliphatic rings. The molecule has 1 heterocycles. The van der Waals surface area contributed by atoms with E-state index in [0.29, 0.717) is 45.8 Å². The molecular weight excluding hydrogens is 510 g/mol. The summed E-state index contributed by atoms with van der Waals surface area (Å²) in [6.07, 6.45) is 0.821. The molecule has 0 saturated heterocycles. The third kappa shape index (κ3) is 6.46. The Bertz CT molecular complexity index is 1300. The molecule has 3 rings (SSSR count). The van der Waals surface area contributed by atoms with E-state index >= 15 is 0 Å².